The van der Waals surface area contributed by atoms with Crippen LogP contribution in [0.15, 0.2) is 59.3 Å². The zero-order valence-corrected chi connectivity index (χ0v) is 18.7. The first-order valence-corrected chi connectivity index (χ1v) is 10.9. The van der Waals surface area contributed by atoms with E-state index < -0.39 is 11.8 Å². The molecular weight excluding hydrogens is 430 g/mol. The predicted octanol–water partition coefficient (Wildman–Crippen LogP) is 4.00. The number of nitrogens with one attached hydrogen (secondary N) is 1. The summed E-state index contributed by atoms with van der Waals surface area (Å²) in [5.74, 6) is -0.140. The Bertz CT molecular complexity index is 1100. The Hall–Kier alpha value is -3.32. The van der Waals surface area contributed by atoms with Crippen LogP contribution in [0.5, 0.6) is 5.75 Å². The highest BCUT2D eigenvalue weighted by Gasteiger charge is 2.39. The van der Waals surface area contributed by atoms with E-state index in [4.69, 9.17) is 16.3 Å². The van der Waals surface area contributed by atoms with Gasteiger partial charge in [-0.15, -0.1) is 0 Å². The first-order valence-electron chi connectivity index (χ1n) is 10.5. The normalized spacial score (nSPS) is 18.9. The number of anilines is 2. The van der Waals surface area contributed by atoms with Crippen molar-refractivity contribution in [3.63, 3.8) is 0 Å². The predicted molar refractivity (Wildman–Crippen MR) is 123 cm³/mol. The second-order valence-electron chi connectivity index (χ2n) is 8.04. The van der Waals surface area contributed by atoms with Gasteiger partial charge < -0.3 is 15.0 Å². The van der Waals surface area contributed by atoms with E-state index in [2.05, 4.69) is 12.2 Å². The maximum absolute atomic E-state index is 13.0. The molecule has 0 saturated carbocycles. The van der Waals surface area contributed by atoms with Crippen molar-refractivity contribution in [3.05, 3.63) is 64.8 Å². The van der Waals surface area contributed by atoms with Crippen LogP contribution in [0.25, 0.3) is 0 Å². The number of piperidine rings is 1. The number of likely N-dealkylation sites (tertiary alicyclic amines) is 1. The average molecular weight is 454 g/mol. The van der Waals surface area contributed by atoms with Crippen molar-refractivity contribution in [2.75, 3.05) is 30.4 Å². The molecule has 3 amide bonds. The maximum atomic E-state index is 13.0. The Labute approximate surface area is 191 Å². The van der Waals surface area contributed by atoms with Gasteiger partial charge in [0.05, 0.1) is 12.8 Å². The number of ether oxygens (including phenoxy) is 1. The first kappa shape index (κ1) is 21.9. The van der Waals surface area contributed by atoms with E-state index in [0.717, 1.165) is 30.8 Å². The fourth-order valence-electron chi connectivity index (χ4n) is 4.01. The van der Waals surface area contributed by atoms with Crippen LogP contribution < -0.4 is 15.0 Å². The molecule has 0 aromatic heterocycles. The van der Waals surface area contributed by atoms with Gasteiger partial charge in [-0.2, -0.15) is 0 Å². The molecule has 166 valence electrons. The molecule has 2 aromatic rings. The molecule has 2 aromatic carbocycles. The summed E-state index contributed by atoms with van der Waals surface area (Å²) in [6, 6.07) is 13.4. The van der Waals surface area contributed by atoms with E-state index in [9.17, 15) is 14.4 Å². The zero-order valence-electron chi connectivity index (χ0n) is 17.9. The lowest BCUT2D eigenvalue weighted by molar-refractivity contribution is -0.120. The molecule has 1 saturated heterocycles. The van der Waals surface area contributed by atoms with Gasteiger partial charge in [0.15, 0.2) is 0 Å². The quantitative estimate of drug-likeness (QED) is 0.692. The van der Waals surface area contributed by atoms with Crippen LogP contribution in [0, 0.1) is 5.92 Å². The number of carbonyl (C=O) groups excluding carboxylic acids is 3. The minimum atomic E-state index is -0.612. The molecule has 32 heavy (non-hydrogen) atoms. The summed E-state index contributed by atoms with van der Waals surface area (Å²) < 4.78 is 5.12. The summed E-state index contributed by atoms with van der Waals surface area (Å²) in [4.78, 5) is 41.4. The van der Waals surface area contributed by atoms with Gasteiger partial charge in [0, 0.05) is 24.3 Å². The lowest BCUT2D eigenvalue weighted by Gasteiger charge is -2.31. The number of hydrogen-bond donors (Lipinski definition) is 1. The van der Waals surface area contributed by atoms with Gasteiger partial charge in [0.25, 0.3) is 17.7 Å². The molecule has 2 aliphatic heterocycles. The third kappa shape index (κ3) is 4.21. The molecule has 8 heteroatoms. The van der Waals surface area contributed by atoms with E-state index in [1.54, 1.807) is 48.5 Å². The van der Waals surface area contributed by atoms with Crippen LogP contribution in [0.3, 0.4) is 0 Å². The summed E-state index contributed by atoms with van der Waals surface area (Å²) in [5.41, 5.74) is 1.39. The van der Waals surface area contributed by atoms with E-state index in [0.29, 0.717) is 28.6 Å². The number of methoxy groups -OCH3 is 1. The molecule has 1 N–H and O–H groups in total. The second-order valence-corrected chi connectivity index (χ2v) is 8.42. The first-order chi connectivity index (χ1) is 15.4. The number of hydrogen-bond acceptors (Lipinski definition) is 5. The van der Waals surface area contributed by atoms with E-state index in [1.165, 1.54) is 7.11 Å². The average Bonchev–Trinajstić information content (AvgIpc) is 3.02. The number of imide groups is 1. The van der Waals surface area contributed by atoms with Gasteiger partial charge >= 0.3 is 0 Å². The van der Waals surface area contributed by atoms with Crippen LogP contribution in [-0.2, 0) is 9.59 Å². The Kier molecular flexibility index (Phi) is 6.19. The number of benzene rings is 2. The van der Waals surface area contributed by atoms with E-state index in [1.807, 2.05) is 4.90 Å². The summed E-state index contributed by atoms with van der Waals surface area (Å²) >= 11 is 6.22. The summed E-state index contributed by atoms with van der Waals surface area (Å²) in [7, 11) is 1.53. The van der Waals surface area contributed by atoms with Gasteiger partial charge in [0.2, 0.25) is 0 Å². The lowest BCUT2D eigenvalue weighted by Crippen LogP contribution is -2.39. The molecule has 0 radical (unpaired) electrons. The van der Waals surface area contributed by atoms with E-state index in [-0.39, 0.29) is 16.6 Å². The van der Waals surface area contributed by atoms with Crippen molar-refractivity contribution < 1.29 is 19.1 Å². The van der Waals surface area contributed by atoms with Crippen LogP contribution in [0.2, 0.25) is 0 Å². The molecule has 1 atom stereocenters. The maximum Gasteiger partial charge on any atom is 0.283 e. The highest BCUT2D eigenvalue weighted by molar-refractivity contribution is 6.53. The minimum absolute atomic E-state index is 0.0244. The number of nitrogens with zero attached hydrogens (tertiary/aromatic N) is 2. The van der Waals surface area contributed by atoms with E-state index >= 15 is 0 Å². The summed E-state index contributed by atoms with van der Waals surface area (Å²) in [5, 5.41) is 2.74. The monoisotopic (exact) mass is 453 g/mol. The molecular formula is C24H24ClN3O4. The van der Waals surface area contributed by atoms with Crippen molar-refractivity contribution in [2.45, 2.75) is 19.8 Å². The molecule has 4 rings (SSSR count). The lowest BCUT2D eigenvalue weighted by atomic mass is 9.99. The van der Waals surface area contributed by atoms with Crippen LogP contribution in [0.1, 0.15) is 30.1 Å². The topological polar surface area (TPSA) is 79.0 Å². The van der Waals surface area contributed by atoms with Crippen molar-refractivity contribution in [1.82, 2.24) is 4.90 Å². The standard InChI is InChI=1S/C24H24ClN3O4/c1-15-5-4-12-27(14-15)22(29)16-6-3-7-17(13-16)26-21-20(25)23(30)28(24(21)31)18-8-10-19(32-2)11-9-18/h3,6-11,13,15,26H,4-5,12,14H2,1-2H3. The second kappa shape index (κ2) is 9.04. The van der Waals surface area contributed by atoms with Crippen molar-refractivity contribution >= 4 is 40.7 Å². The zero-order chi connectivity index (χ0) is 22.8. The van der Waals surface area contributed by atoms with Gasteiger partial charge in [-0.05, 0) is 61.2 Å². The molecule has 2 aliphatic rings. The molecule has 2 heterocycles. The summed E-state index contributed by atoms with van der Waals surface area (Å²) in [6.07, 6.45) is 2.12. The summed E-state index contributed by atoms with van der Waals surface area (Å²) in [6.45, 7) is 3.61. The van der Waals surface area contributed by atoms with Gasteiger partial charge in [-0.3, -0.25) is 14.4 Å². The largest absolute Gasteiger partial charge is 0.497 e. The highest BCUT2D eigenvalue weighted by Crippen LogP contribution is 2.31. The Morgan fingerprint density at radius 1 is 1.12 bits per heavy atom. The van der Waals surface area contributed by atoms with Crippen molar-refractivity contribution in [1.29, 1.82) is 0 Å². The molecule has 0 bridgehead atoms. The number of halogens is 1. The molecule has 0 spiro atoms. The Balaban J connectivity index is 1.53. The highest BCUT2D eigenvalue weighted by atomic mass is 35.5. The smallest absolute Gasteiger partial charge is 0.283 e. The van der Waals surface area contributed by atoms with Crippen molar-refractivity contribution in [3.8, 4) is 5.75 Å². The Morgan fingerprint density at radius 3 is 2.56 bits per heavy atom. The van der Waals surface area contributed by atoms with Gasteiger partial charge in [-0.1, -0.05) is 24.6 Å². The van der Waals surface area contributed by atoms with Gasteiger partial charge in [-0.25, -0.2) is 4.90 Å². The third-order valence-electron chi connectivity index (χ3n) is 5.68. The van der Waals surface area contributed by atoms with Crippen LogP contribution >= 0.6 is 11.6 Å². The fraction of sp³-hybridized carbons (Fsp3) is 0.292. The Morgan fingerprint density at radius 2 is 1.88 bits per heavy atom. The fourth-order valence-corrected chi connectivity index (χ4v) is 4.22. The van der Waals surface area contributed by atoms with Gasteiger partial charge in [0.1, 0.15) is 16.5 Å². The molecule has 0 aliphatic carbocycles. The minimum Gasteiger partial charge on any atom is -0.497 e. The third-order valence-corrected chi connectivity index (χ3v) is 6.03. The number of carbonyl (C=O) groups is 3. The number of amides is 3. The molecule has 7 nitrogen and oxygen atoms in total. The van der Waals surface area contributed by atoms with Crippen LogP contribution in [-0.4, -0.2) is 42.8 Å². The number of rotatable bonds is 5. The van der Waals surface area contributed by atoms with Crippen molar-refractivity contribution in [2.24, 2.45) is 5.92 Å². The molecule has 1 unspecified atom stereocenters. The molecule has 1 fully saturated rings. The SMILES string of the molecule is COc1ccc(N2C(=O)C(Cl)=C(Nc3cccc(C(=O)N4CCCC(C)C4)c3)C2=O)cc1. The van der Waals surface area contributed by atoms with Crippen LogP contribution in [0.4, 0.5) is 11.4 Å².